The maximum absolute atomic E-state index is 14.1. The Balaban J connectivity index is 1.63. The number of anilines is 2. The zero-order chi connectivity index (χ0) is 53.8. The van der Waals surface area contributed by atoms with Gasteiger partial charge in [0.1, 0.15) is 42.3 Å². The third-order valence-electron chi connectivity index (χ3n) is 11.9. The van der Waals surface area contributed by atoms with Crippen molar-refractivity contribution < 1.29 is 58.2 Å². The highest BCUT2D eigenvalue weighted by Crippen LogP contribution is 2.22. The summed E-state index contributed by atoms with van der Waals surface area (Å²) in [5, 5.41) is 39.8. The van der Waals surface area contributed by atoms with E-state index in [2.05, 4.69) is 42.5 Å². The fraction of sp³-hybridized carbons (Fsp3) is 0.551. The first-order valence-electron chi connectivity index (χ1n) is 24.2. The van der Waals surface area contributed by atoms with Gasteiger partial charge in [-0.15, -0.1) is 0 Å². The van der Waals surface area contributed by atoms with Crippen molar-refractivity contribution in [3.63, 3.8) is 0 Å². The van der Waals surface area contributed by atoms with Crippen molar-refractivity contribution in [3.05, 3.63) is 59.7 Å². The van der Waals surface area contributed by atoms with Crippen LogP contribution >= 0.6 is 0 Å². The van der Waals surface area contributed by atoms with Gasteiger partial charge in [-0.1, -0.05) is 58.0 Å². The van der Waals surface area contributed by atoms with Crippen molar-refractivity contribution in [2.45, 2.75) is 148 Å². The van der Waals surface area contributed by atoms with Crippen molar-refractivity contribution in [3.8, 4) is 0 Å². The zero-order valence-electron chi connectivity index (χ0n) is 42.0. The van der Waals surface area contributed by atoms with Gasteiger partial charge in [0, 0.05) is 17.9 Å². The molecule has 0 aliphatic carbocycles. The van der Waals surface area contributed by atoms with Crippen LogP contribution in [-0.4, -0.2) is 136 Å². The number of amides is 9. The standard InChI is InChI=1S/C49H73N11O12/c1-26(2)23-36(56-43(65)33(51)24-31-17-19-32(20-18-31)54-49(72)58-34-14-9-8-13-28(34)5)44(66)57-37(25-39(61)62)45(67)59-40(27(3)4)47(69)60-22-12-16-38(60)46(68)53-29(6)41(63)52-30(7)42(64)55-35(48(70)71)15-10-11-21-50/h8-9,13-14,17-20,26-27,29-30,33,35-38,40H,10-12,15-16,21-25,50-51H2,1-7H3,(H,52,63)(H,53,68)(H,55,64)(H,56,65)(H,57,66)(H,59,67)(H,61,62)(H,70,71)(H2,54,58,72)/t29-,30-,33-,35-,36-,37-,38-,40-/m0/s1. The first-order chi connectivity index (χ1) is 33.9. The van der Waals surface area contributed by atoms with Crippen LogP contribution in [0.4, 0.5) is 16.2 Å². The van der Waals surface area contributed by atoms with Crippen LogP contribution in [0.2, 0.25) is 0 Å². The Hall–Kier alpha value is -7.14. The number of unbranched alkanes of at least 4 members (excludes halogenated alkanes) is 1. The Labute approximate surface area is 419 Å². The predicted octanol–water partition coefficient (Wildman–Crippen LogP) is 0.839. The van der Waals surface area contributed by atoms with Crippen molar-refractivity contribution in [2.24, 2.45) is 23.3 Å². The van der Waals surface area contributed by atoms with E-state index in [4.69, 9.17) is 11.5 Å². The number of nitrogens with zero attached hydrogens (tertiary/aromatic N) is 1. The maximum Gasteiger partial charge on any atom is 0.326 e. The number of carboxylic acid groups (broad SMARTS) is 2. The first-order valence-corrected chi connectivity index (χ1v) is 24.2. The highest BCUT2D eigenvalue weighted by atomic mass is 16.4. The van der Waals surface area contributed by atoms with Gasteiger partial charge in [-0.05, 0) is 113 Å². The van der Waals surface area contributed by atoms with Gasteiger partial charge >= 0.3 is 18.0 Å². The van der Waals surface area contributed by atoms with Crippen LogP contribution in [0.3, 0.4) is 0 Å². The van der Waals surface area contributed by atoms with Crippen LogP contribution in [0.5, 0.6) is 0 Å². The lowest BCUT2D eigenvalue weighted by atomic mass is 10.00. The number of rotatable bonds is 27. The quantitative estimate of drug-likeness (QED) is 0.0552. The molecule has 14 N–H and O–H groups in total. The molecule has 2 aromatic rings. The van der Waals surface area contributed by atoms with Gasteiger partial charge in [-0.25, -0.2) is 9.59 Å². The number of para-hydroxylation sites is 1. The molecule has 1 aliphatic rings. The number of carbonyl (C=O) groups excluding carboxylic acids is 8. The average Bonchev–Trinajstić information content (AvgIpc) is 3.81. The van der Waals surface area contributed by atoms with Crippen molar-refractivity contribution in [2.75, 3.05) is 23.7 Å². The molecule has 9 amide bonds. The number of aryl methyl sites for hydroxylation is 1. The Kier molecular flexibility index (Phi) is 23.5. The van der Waals surface area contributed by atoms with E-state index >= 15 is 0 Å². The Bertz CT molecular complexity index is 2240. The Morgan fingerprint density at radius 2 is 1.29 bits per heavy atom. The lowest BCUT2D eigenvalue weighted by Gasteiger charge is -2.32. The lowest BCUT2D eigenvalue weighted by Crippen LogP contribution is -2.60. The van der Waals surface area contributed by atoms with Gasteiger partial charge in [0.15, 0.2) is 0 Å². The SMILES string of the molecule is Cc1ccccc1NC(=O)Nc1ccc(C[C@H](N)C(=O)N[C@@H](CC(C)C)C(=O)N[C@@H](CC(=O)O)C(=O)N[C@H](C(=O)N2CCC[C@H]2C(=O)N[C@@H](C)C(=O)N[C@@H](C)C(=O)N[C@@H](CCCCN)C(=O)O)C(C)C)cc1. The number of aliphatic carboxylic acids is 2. The minimum atomic E-state index is -1.71. The van der Waals surface area contributed by atoms with E-state index in [1.807, 2.05) is 19.1 Å². The van der Waals surface area contributed by atoms with Crippen molar-refractivity contribution >= 4 is 70.7 Å². The summed E-state index contributed by atoms with van der Waals surface area (Å²) in [6.45, 7) is 11.9. The summed E-state index contributed by atoms with van der Waals surface area (Å²) < 4.78 is 0. The normalized spacial score (nSPS) is 16.2. The van der Waals surface area contributed by atoms with Gasteiger partial charge in [-0.2, -0.15) is 0 Å². The number of nitrogens with one attached hydrogen (secondary N) is 8. The molecule has 72 heavy (non-hydrogen) atoms. The summed E-state index contributed by atoms with van der Waals surface area (Å²) in [5.41, 5.74) is 14.4. The van der Waals surface area contributed by atoms with E-state index in [-0.39, 0.29) is 38.1 Å². The molecule has 1 aliphatic heterocycles. The zero-order valence-corrected chi connectivity index (χ0v) is 42.0. The summed E-state index contributed by atoms with van der Waals surface area (Å²) >= 11 is 0. The van der Waals surface area contributed by atoms with Gasteiger partial charge < -0.3 is 69.1 Å². The van der Waals surface area contributed by atoms with Crippen LogP contribution < -0.4 is 54.0 Å². The first kappa shape index (κ1) is 59.2. The molecule has 0 unspecified atom stereocenters. The summed E-state index contributed by atoms with van der Waals surface area (Å²) in [6.07, 6.45) is 0.998. The number of carboxylic acids is 2. The molecule has 1 heterocycles. The van der Waals surface area contributed by atoms with Crippen LogP contribution in [0, 0.1) is 18.8 Å². The smallest absolute Gasteiger partial charge is 0.326 e. The molecule has 2 aromatic carbocycles. The molecular formula is C49H73N11O12. The largest absolute Gasteiger partial charge is 0.481 e. The number of hydrogen-bond acceptors (Lipinski definition) is 12. The van der Waals surface area contributed by atoms with E-state index in [0.717, 1.165) is 5.56 Å². The minimum absolute atomic E-state index is 0.0497. The number of likely N-dealkylation sites (tertiary alicyclic amines) is 1. The third-order valence-corrected chi connectivity index (χ3v) is 11.9. The molecule has 0 spiro atoms. The van der Waals surface area contributed by atoms with E-state index < -0.39 is 120 Å². The highest BCUT2D eigenvalue weighted by Gasteiger charge is 2.41. The van der Waals surface area contributed by atoms with Crippen molar-refractivity contribution in [1.82, 2.24) is 36.8 Å². The average molecular weight is 1010 g/mol. The van der Waals surface area contributed by atoms with Gasteiger partial charge in [-0.3, -0.25) is 38.4 Å². The topological polar surface area (TPSA) is 363 Å². The second-order valence-corrected chi connectivity index (χ2v) is 18.8. The maximum atomic E-state index is 14.1. The molecule has 0 radical (unpaired) electrons. The Morgan fingerprint density at radius 3 is 1.89 bits per heavy atom. The number of urea groups is 1. The number of benzene rings is 2. The molecule has 1 fully saturated rings. The van der Waals surface area contributed by atoms with Crippen LogP contribution in [0.15, 0.2) is 48.5 Å². The van der Waals surface area contributed by atoms with Gasteiger partial charge in [0.05, 0.1) is 12.5 Å². The predicted molar refractivity (Wildman–Crippen MR) is 267 cm³/mol. The van der Waals surface area contributed by atoms with Crippen LogP contribution in [-0.2, 0) is 49.6 Å². The monoisotopic (exact) mass is 1010 g/mol. The number of carbonyl (C=O) groups is 10. The summed E-state index contributed by atoms with van der Waals surface area (Å²) in [7, 11) is 0. The van der Waals surface area contributed by atoms with E-state index in [1.54, 1.807) is 64.1 Å². The van der Waals surface area contributed by atoms with Gasteiger partial charge in [0.25, 0.3) is 0 Å². The van der Waals surface area contributed by atoms with E-state index in [9.17, 15) is 58.2 Å². The van der Waals surface area contributed by atoms with Crippen LogP contribution in [0.1, 0.15) is 97.6 Å². The molecule has 0 bridgehead atoms. The molecule has 3 rings (SSSR count). The number of hydrogen-bond donors (Lipinski definition) is 12. The summed E-state index contributed by atoms with van der Waals surface area (Å²) in [4.78, 5) is 132. The molecule has 0 saturated carbocycles. The lowest BCUT2D eigenvalue weighted by molar-refractivity contribution is -0.144. The Morgan fingerprint density at radius 1 is 0.694 bits per heavy atom. The second kappa shape index (κ2) is 28.6. The van der Waals surface area contributed by atoms with Crippen molar-refractivity contribution in [1.29, 1.82) is 0 Å². The van der Waals surface area contributed by atoms with E-state index in [1.165, 1.54) is 18.7 Å². The summed E-state index contributed by atoms with van der Waals surface area (Å²) in [5.74, 6) is -8.92. The summed E-state index contributed by atoms with van der Waals surface area (Å²) in [6, 6.07) is 3.49. The molecular weight excluding hydrogens is 935 g/mol. The second-order valence-electron chi connectivity index (χ2n) is 18.8. The fourth-order valence-electron chi connectivity index (χ4n) is 7.78. The molecule has 23 nitrogen and oxygen atoms in total. The molecule has 23 heteroatoms. The minimum Gasteiger partial charge on any atom is -0.481 e. The highest BCUT2D eigenvalue weighted by molar-refractivity contribution is 6.01. The number of nitrogens with two attached hydrogens (primary N) is 2. The molecule has 0 aromatic heterocycles. The molecule has 8 atom stereocenters. The fourth-order valence-corrected chi connectivity index (χ4v) is 7.78. The van der Waals surface area contributed by atoms with E-state index in [0.29, 0.717) is 42.7 Å². The third kappa shape index (κ3) is 18.9. The van der Waals surface area contributed by atoms with Gasteiger partial charge in [0.2, 0.25) is 41.4 Å². The van der Waals surface area contributed by atoms with Crippen LogP contribution in [0.25, 0.3) is 0 Å². The molecule has 396 valence electrons. The molecule has 1 saturated heterocycles.